The first-order valence-corrected chi connectivity index (χ1v) is 9.41. The highest BCUT2D eigenvalue weighted by atomic mass is 16.5. The molecule has 3 rings (SSSR count). The molecule has 2 heterocycles. The van der Waals surface area contributed by atoms with Crippen LogP contribution in [-0.4, -0.2) is 43.4 Å². The van der Waals surface area contributed by atoms with E-state index in [0.717, 1.165) is 11.3 Å². The SMILES string of the molecule is COc1ccc(CNC(=O)COc2coc(CN3CCC(=O)CC3)cc2=O)cc1. The summed E-state index contributed by atoms with van der Waals surface area (Å²) in [6, 6.07) is 8.69. The molecule has 0 saturated carbocycles. The molecule has 2 aromatic rings. The van der Waals surface area contributed by atoms with Crippen LogP contribution in [0.5, 0.6) is 11.5 Å². The summed E-state index contributed by atoms with van der Waals surface area (Å²) in [7, 11) is 1.59. The number of hydrogen-bond donors (Lipinski definition) is 1. The van der Waals surface area contributed by atoms with Gasteiger partial charge in [0, 0.05) is 38.5 Å². The summed E-state index contributed by atoms with van der Waals surface area (Å²) in [6.45, 7) is 1.85. The summed E-state index contributed by atoms with van der Waals surface area (Å²) < 4.78 is 15.8. The number of likely N-dealkylation sites (tertiary alicyclic amines) is 1. The monoisotopic (exact) mass is 400 g/mol. The average Bonchev–Trinajstić information content (AvgIpc) is 2.73. The molecule has 0 atom stereocenters. The summed E-state index contributed by atoms with van der Waals surface area (Å²) in [5.74, 6) is 1.15. The summed E-state index contributed by atoms with van der Waals surface area (Å²) in [6.07, 6.45) is 2.28. The van der Waals surface area contributed by atoms with Crippen LogP contribution in [0.2, 0.25) is 0 Å². The Balaban J connectivity index is 1.45. The molecule has 1 aromatic heterocycles. The van der Waals surface area contributed by atoms with Gasteiger partial charge in [-0.2, -0.15) is 0 Å². The summed E-state index contributed by atoms with van der Waals surface area (Å²) in [5.41, 5.74) is 0.574. The average molecular weight is 400 g/mol. The van der Waals surface area contributed by atoms with Gasteiger partial charge in [-0.1, -0.05) is 12.1 Å². The molecule has 1 saturated heterocycles. The van der Waals surface area contributed by atoms with Crippen molar-refractivity contribution in [2.75, 3.05) is 26.8 Å². The second-order valence-corrected chi connectivity index (χ2v) is 6.80. The normalized spacial score (nSPS) is 14.4. The molecule has 1 aromatic carbocycles. The van der Waals surface area contributed by atoms with E-state index in [1.54, 1.807) is 7.11 Å². The molecule has 1 fully saturated rings. The summed E-state index contributed by atoms with van der Waals surface area (Å²) >= 11 is 0. The number of methoxy groups -OCH3 is 1. The van der Waals surface area contributed by atoms with Gasteiger partial charge < -0.3 is 19.2 Å². The minimum Gasteiger partial charge on any atom is -0.497 e. The summed E-state index contributed by atoms with van der Waals surface area (Å²) in [4.78, 5) is 37.5. The van der Waals surface area contributed by atoms with E-state index in [-0.39, 0.29) is 29.5 Å². The Labute approximate surface area is 168 Å². The number of benzene rings is 1. The number of ketones is 1. The zero-order valence-electron chi connectivity index (χ0n) is 16.3. The van der Waals surface area contributed by atoms with Crippen molar-refractivity contribution in [2.45, 2.75) is 25.9 Å². The van der Waals surface area contributed by atoms with E-state index in [4.69, 9.17) is 13.9 Å². The lowest BCUT2D eigenvalue weighted by molar-refractivity contribution is -0.123. The zero-order chi connectivity index (χ0) is 20.6. The fourth-order valence-corrected chi connectivity index (χ4v) is 2.95. The van der Waals surface area contributed by atoms with Crippen LogP contribution >= 0.6 is 0 Å². The number of piperidine rings is 1. The largest absolute Gasteiger partial charge is 0.497 e. The second-order valence-electron chi connectivity index (χ2n) is 6.80. The molecule has 1 amide bonds. The minimum absolute atomic E-state index is 0.0119. The lowest BCUT2D eigenvalue weighted by Crippen LogP contribution is -2.33. The highest BCUT2D eigenvalue weighted by molar-refractivity contribution is 5.79. The number of nitrogens with zero attached hydrogens (tertiary/aromatic N) is 1. The Kier molecular flexibility index (Phi) is 7.02. The molecule has 1 aliphatic rings. The number of ether oxygens (including phenoxy) is 2. The van der Waals surface area contributed by atoms with Gasteiger partial charge in [0.2, 0.25) is 11.2 Å². The molecule has 0 bridgehead atoms. The Morgan fingerprint density at radius 1 is 1.17 bits per heavy atom. The molecule has 1 aliphatic heterocycles. The third kappa shape index (κ3) is 6.18. The van der Waals surface area contributed by atoms with Gasteiger partial charge in [0.1, 0.15) is 23.6 Å². The van der Waals surface area contributed by atoms with Crippen LogP contribution < -0.4 is 20.2 Å². The Bertz CT molecular complexity index is 896. The first-order chi connectivity index (χ1) is 14.0. The molecule has 0 spiro atoms. The first kappa shape index (κ1) is 20.6. The van der Waals surface area contributed by atoms with E-state index in [9.17, 15) is 14.4 Å². The number of carbonyl (C=O) groups is 2. The molecule has 0 aliphatic carbocycles. The maximum absolute atomic E-state index is 12.2. The number of hydrogen-bond acceptors (Lipinski definition) is 7. The number of nitrogens with one attached hydrogen (secondary N) is 1. The Hall–Kier alpha value is -3.13. The van der Waals surface area contributed by atoms with Crippen LogP contribution in [0.15, 0.2) is 45.8 Å². The topological polar surface area (TPSA) is 98.1 Å². The van der Waals surface area contributed by atoms with Crippen LogP contribution in [0, 0.1) is 0 Å². The van der Waals surface area contributed by atoms with E-state index in [2.05, 4.69) is 10.2 Å². The van der Waals surface area contributed by atoms with E-state index in [1.807, 2.05) is 24.3 Å². The molecular formula is C21H24N2O6. The van der Waals surface area contributed by atoms with Gasteiger partial charge in [-0.15, -0.1) is 0 Å². The number of rotatable bonds is 8. The van der Waals surface area contributed by atoms with Crippen molar-refractivity contribution < 1.29 is 23.5 Å². The quantitative estimate of drug-likeness (QED) is 0.717. The molecule has 0 unspecified atom stereocenters. The van der Waals surface area contributed by atoms with E-state index >= 15 is 0 Å². The van der Waals surface area contributed by atoms with Crippen LogP contribution in [-0.2, 0) is 22.7 Å². The fourth-order valence-electron chi connectivity index (χ4n) is 2.95. The predicted octanol–water partition coefficient (Wildman–Crippen LogP) is 1.51. The lowest BCUT2D eigenvalue weighted by atomic mass is 10.1. The van der Waals surface area contributed by atoms with Crippen LogP contribution in [0.25, 0.3) is 0 Å². The molecule has 1 N–H and O–H groups in total. The van der Waals surface area contributed by atoms with Crippen LogP contribution in [0.1, 0.15) is 24.2 Å². The molecule has 8 heteroatoms. The maximum atomic E-state index is 12.2. The van der Waals surface area contributed by atoms with Gasteiger partial charge in [0.05, 0.1) is 13.7 Å². The van der Waals surface area contributed by atoms with Crippen molar-refractivity contribution >= 4 is 11.7 Å². The second kappa shape index (κ2) is 9.88. The first-order valence-electron chi connectivity index (χ1n) is 9.41. The number of carbonyl (C=O) groups excluding carboxylic acids is 2. The zero-order valence-corrected chi connectivity index (χ0v) is 16.3. The van der Waals surface area contributed by atoms with Crippen molar-refractivity contribution in [1.29, 1.82) is 0 Å². The van der Waals surface area contributed by atoms with Crippen molar-refractivity contribution in [1.82, 2.24) is 10.2 Å². The predicted molar refractivity (Wildman–Crippen MR) is 105 cm³/mol. The van der Waals surface area contributed by atoms with E-state index in [0.29, 0.717) is 44.8 Å². The van der Waals surface area contributed by atoms with Gasteiger partial charge in [-0.25, -0.2) is 0 Å². The number of amides is 1. The molecule has 8 nitrogen and oxygen atoms in total. The van der Waals surface area contributed by atoms with Gasteiger partial charge in [-0.05, 0) is 17.7 Å². The minimum atomic E-state index is -0.345. The summed E-state index contributed by atoms with van der Waals surface area (Å²) in [5, 5.41) is 2.72. The Morgan fingerprint density at radius 2 is 1.90 bits per heavy atom. The van der Waals surface area contributed by atoms with Crippen LogP contribution in [0.3, 0.4) is 0 Å². The molecular weight excluding hydrogens is 376 g/mol. The molecule has 0 radical (unpaired) electrons. The fraction of sp³-hybridized carbons (Fsp3) is 0.381. The standard InChI is InChI=1S/C21H24N2O6/c1-27-17-4-2-15(3-5-17)11-22-21(26)14-29-20-13-28-18(10-19(20)25)12-23-8-6-16(24)7-9-23/h2-5,10,13H,6-9,11-12,14H2,1H3,(H,22,26). The van der Waals surface area contributed by atoms with Gasteiger partial charge in [-0.3, -0.25) is 19.3 Å². The van der Waals surface area contributed by atoms with E-state index in [1.165, 1.54) is 12.3 Å². The number of Topliss-reactive ketones (excluding diaryl/α,β-unsaturated/α-hetero) is 1. The van der Waals surface area contributed by atoms with Crippen molar-refractivity contribution in [3.63, 3.8) is 0 Å². The van der Waals surface area contributed by atoms with Gasteiger partial charge >= 0.3 is 0 Å². The van der Waals surface area contributed by atoms with Gasteiger partial charge in [0.25, 0.3) is 5.91 Å². The molecule has 29 heavy (non-hydrogen) atoms. The van der Waals surface area contributed by atoms with Gasteiger partial charge in [0.15, 0.2) is 6.61 Å². The van der Waals surface area contributed by atoms with E-state index < -0.39 is 0 Å². The van der Waals surface area contributed by atoms with Crippen molar-refractivity contribution in [2.24, 2.45) is 0 Å². The maximum Gasteiger partial charge on any atom is 0.258 e. The third-order valence-corrected chi connectivity index (χ3v) is 4.65. The highest BCUT2D eigenvalue weighted by Gasteiger charge is 2.17. The lowest BCUT2D eigenvalue weighted by Gasteiger charge is -2.24. The van der Waals surface area contributed by atoms with Crippen molar-refractivity contribution in [3.05, 3.63) is 58.1 Å². The highest BCUT2D eigenvalue weighted by Crippen LogP contribution is 2.13. The van der Waals surface area contributed by atoms with Crippen LogP contribution in [0.4, 0.5) is 0 Å². The molecule has 154 valence electrons. The van der Waals surface area contributed by atoms with Crippen molar-refractivity contribution in [3.8, 4) is 11.5 Å². The Morgan fingerprint density at radius 3 is 2.55 bits per heavy atom. The third-order valence-electron chi connectivity index (χ3n) is 4.65. The smallest absolute Gasteiger partial charge is 0.258 e.